The van der Waals surface area contributed by atoms with Gasteiger partial charge in [0, 0.05) is 18.5 Å². The second-order valence-corrected chi connectivity index (χ2v) is 6.38. The van der Waals surface area contributed by atoms with Crippen LogP contribution in [0.15, 0.2) is 35.3 Å². The molecule has 2 aromatic heterocycles. The molecule has 0 fully saturated rings. The summed E-state index contributed by atoms with van der Waals surface area (Å²) in [6, 6.07) is 8.28. The number of halogens is 2. The van der Waals surface area contributed by atoms with Crippen molar-refractivity contribution in [3.8, 4) is 6.07 Å². The normalized spacial score (nSPS) is 13.4. The van der Waals surface area contributed by atoms with Gasteiger partial charge in [0.05, 0.1) is 30.7 Å². The van der Waals surface area contributed by atoms with Gasteiger partial charge in [-0.1, -0.05) is 29.5 Å². The van der Waals surface area contributed by atoms with Crippen LogP contribution in [0.2, 0.25) is 0 Å². The predicted molar refractivity (Wildman–Crippen MR) is 94.8 cm³/mol. The second kappa shape index (κ2) is 7.19. The molecular formula is C18H15F2N7O. The largest absolute Gasteiger partial charge is 0.363 e. The smallest absolute Gasteiger partial charge is 0.284 e. The molecule has 3 heterocycles. The van der Waals surface area contributed by atoms with E-state index in [9.17, 15) is 18.8 Å². The number of H-pyrrole nitrogens is 1. The Hall–Kier alpha value is -3.61. The highest BCUT2D eigenvalue weighted by atomic mass is 19.3. The molecule has 3 aromatic rings. The summed E-state index contributed by atoms with van der Waals surface area (Å²) in [6.45, 7) is 1.08. The summed E-state index contributed by atoms with van der Waals surface area (Å²) in [4.78, 5) is 13.6. The maximum atomic E-state index is 13.2. The third kappa shape index (κ3) is 3.11. The molecule has 10 heteroatoms. The molecule has 1 N–H and O–H groups in total. The number of hydrogen-bond donors (Lipinski definition) is 1. The van der Waals surface area contributed by atoms with Crippen LogP contribution in [0.4, 0.5) is 14.5 Å². The van der Waals surface area contributed by atoms with Gasteiger partial charge in [-0.25, -0.2) is 18.6 Å². The molecule has 0 atom stereocenters. The van der Waals surface area contributed by atoms with Crippen molar-refractivity contribution in [1.82, 2.24) is 25.2 Å². The van der Waals surface area contributed by atoms with E-state index in [1.165, 1.54) is 12.3 Å². The molecule has 8 nitrogen and oxygen atoms in total. The summed E-state index contributed by atoms with van der Waals surface area (Å²) < 4.78 is 28.1. The third-order valence-electron chi connectivity index (χ3n) is 4.78. The van der Waals surface area contributed by atoms with Crippen LogP contribution < -0.4 is 10.5 Å². The van der Waals surface area contributed by atoms with Crippen LogP contribution in [0, 0.1) is 11.3 Å². The number of fused-ring (bicyclic) bond motifs is 1. The molecule has 28 heavy (non-hydrogen) atoms. The lowest BCUT2D eigenvalue weighted by atomic mass is 10.1. The quantitative estimate of drug-likeness (QED) is 0.737. The first-order valence-electron chi connectivity index (χ1n) is 8.58. The van der Waals surface area contributed by atoms with Crippen molar-refractivity contribution >= 4 is 5.69 Å². The van der Waals surface area contributed by atoms with Crippen molar-refractivity contribution in [3.05, 3.63) is 68.9 Å². The van der Waals surface area contributed by atoms with Crippen LogP contribution >= 0.6 is 0 Å². The maximum absolute atomic E-state index is 13.2. The van der Waals surface area contributed by atoms with Gasteiger partial charge in [-0.2, -0.15) is 10.4 Å². The molecule has 1 aliphatic rings. The minimum absolute atomic E-state index is 0.00305. The molecule has 1 aromatic carbocycles. The fourth-order valence-corrected chi connectivity index (χ4v) is 3.39. The number of anilines is 1. The molecule has 0 saturated heterocycles. The molecule has 4 rings (SSSR count). The van der Waals surface area contributed by atoms with Crippen molar-refractivity contribution < 1.29 is 8.78 Å². The van der Waals surface area contributed by atoms with E-state index in [1.807, 2.05) is 11.0 Å². The van der Waals surface area contributed by atoms with Crippen molar-refractivity contribution in [1.29, 1.82) is 5.26 Å². The van der Waals surface area contributed by atoms with Gasteiger partial charge in [0.1, 0.15) is 17.3 Å². The van der Waals surface area contributed by atoms with Crippen LogP contribution in [0.3, 0.4) is 0 Å². The van der Waals surface area contributed by atoms with Crippen molar-refractivity contribution in [2.24, 2.45) is 0 Å². The Bertz CT molecular complexity index is 1120. The van der Waals surface area contributed by atoms with E-state index in [4.69, 9.17) is 0 Å². The SMILES string of the molecule is N#Cc1c(N2CCc3c(nnn3Cc3ccccc3C(F)F)C2)cn[nH]c1=O. The monoisotopic (exact) mass is 383 g/mol. The molecule has 0 spiro atoms. The Labute approximate surface area is 158 Å². The summed E-state index contributed by atoms with van der Waals surface area (Å²) >= 11 is 0. The summed E-state index contributed by atoms with van der Waals surface area (Å²) in [5.74, 6) is 0. The number of nitrogens with one attached hydrogen (secondary N) is 1. The van der Waals surface area contributed by atoms with E-state index in [-0.39, 0.29) is 17.7 Å². The van der Waals surface area contributed by atoms with Crippen molar-refractivity contribution in [3.63, 3.8) is 0 Å². The average molecular weight is 383 g/mol. The molecule has 0 bridgehead atoms. The van der Waals surface area contributed by atoms with Crippen molar-refractivity contribution in [2.45, 2.75) is 25.9 Å². The van der Waals surface area contributed by atoms with E-state index in [1.54, 1.807) is 22.9 Å². The van der Waals surface area contributed by atoms with Gasteiger partial charge in [-0.05, 0) is 5.56 Å². The van der Waals surface area contributed by atoms with E-state index in [0.717, 1.165) is 5.69 Å². The van der Waals surface area contributed by atoms with Crippen molar-refractivity contribution in [2.75, 3.05) is 11.4 Å². The first kappa shape index (κ1) is 17.8. The number of rotatable bonds is 4. The lowest BCUT2D eigenvalue weighted by Crippen LogP contribution is -2.33. The van der Waals surface area contributed by atoms with Gasteiger partial charge in [-0.15, -0.1) is 5.10 Å². The molecule has 1 aliphatic heterocycles. The lowest BCUT2D eigenvalue weighted by Gasteiger charge is -2.28. The topological polar surface area (TPSA) is 103 Å². The molecule has 0 aliphatic carbocycles. The Balaban J connectivity index is 1.61. The molecule has 0 amide bonds. The number of nitrogens with zero attached hydrogens (tertiary/aromatic N) is 6. The standard InChI is InChI=1S/C18H15F2N7O/c19-17(20)12-4-2-1-3-11(12)9-27-15-5-6-26(10-14(15)23-25-27)16-8-22-24-18(28)13(16)7-21/h1-4,8,17H,5-6,9-10H2,(H,24,28). The number of aromatic nitrogens is 5. The highest BCUT2D eigenvalue weighted by Crippen LogP contribution is 2.26. The third-order valence-corrected chi connectivity index (χ3v) is 4.78. The number of hydrogen-bond acceptors (Lipinski definition) is 6. The Morgan fingerprint density at radius 3 is 2.93 bits per heavy atom. The van der Waals surface area contributed by atoms with Gasteiger partial charge in [-0.3, -0.25) is 4.79 Å². The van der Waals surface area contributed by atoms with Gasteiger partial charge in [0.25, 0.3) is 12.0 Å². The number of benzene rings is 1. The van der Waals surface area contributed by atoms with Gasteiger partial charge < -0.3 is 4.90 Å². The summed E-state index contributed by atoms with van der Waals surface area (Å²) in [6.07, 6.45) is -0.565. The fourth-order valence-electron chi connectivity index (χ4n) is 3.39. The number of nitriles is 1. The highest BCUT2D eigenvalue weighted by Gasteiger charge is 2.25. The second-order valence-electron chi connectivity index (χ2n) is 6.38. The predicted octanol–water partition coefficient (Wildman–Crippen LogP) is 1.78. The molecule has 142 valence electrons. The number of aromatic amines is 1. The number of alkyl halides is 2. The van der Waals surface area contributed by atoms with E-state index in [0.29, 0.717) is 36.5 Å². The molecule has 0 radical (unpaired) electrons. The van der Waals surface area contributed by atoms with Crippen LogP contribution in [0.25, 0.3) is 0 Å². The highest BCUT2D eigenvalue weighted by molar-refractivity contribution is 5.57. The fraction of sp³-hybridized carbons (Fsp3) is 0.278. The van der Waals surface area contributed by atoms with Crippen LogP contribution in [0.1, 0.15) is 34.5 Å². The Morgan fingerprint density at radius 1 is 1.32 bits per heavy atom. The zero-order valence-corrected chi connectivity index (χ0v) is 14.6. The van der Waals surface area contributed by atoms with Gasteiger partial charge in [0.2, 0.25) is 0 Å². The van der Waals surface area contributed by atoms with Crippen LogP contribution in [-0.2, 0) is 19.5 Å². The van der Waals surface area contributed by atoms with Gasteiger partial charge in [0.15, 0.2) is 0 Å². The summed E-state index contributed by atoms with van der Waals surface area (Å²) in [5, 5.41) is 23.6. The lowest BCUT2D eigenvalue weighted by molar-refractivity contribution is 0.150. The Kier molecular flexibility index (Phi) is 4.57. The van der Waals surface area contributed by atoms with Crippen LogP contribution in [-0.4, -0.2) is 31.7 Å². The van der Waals surface area contributed by atoms with Gasteiger partial charge >= 0.3 is 0 Å². The average Bonchev–Trinajstić information content (AvgIpc) is 3.10. The maximum Gasteiger partial charge on any atom is 0.284 e. The molecule has 0 saturated carbocycles. The van der Waals surface area contributed by atoms with E-state index < -0.39 is 12.0 Å². The van der Waals surface area contributed by atoms with E-state index in [2.05, 4.69) is 20.5 Å². The molecule has 0 unspecified atom stereocenters. The minimum Gasteiger partial charge on any atom is -0.363 e. The molecular weight excluding hydrogens is 368 g/mol. The first-order chi connectivity index (χ1) is 13.6. The summed E-state index contributed by atoms with van der Waals surface area (Å²) in [7, 11) is 0. The summed E-state index contributed by atoms with van der Waals surface area (Å²) in [5.41, 5.74) is 1.92. The zero-order valence-electron chi connectivity index (χ0n) is 14.6. The minimum atomic E-state index is -2.56. The Morgan fingerprint density at radius 2 is 2.14 bits per heavy atom. The first-order valence-corrected chi connectivity index (χ1v) is 8.58. The zero-order chi connectivity index (χ0) is 19.7. The van der Waals surface area contributed by atoms with Crippen LogP contribution in [0.5, 0.6) is 0 Å². The van der Waals surface area contributed by atoms with E-state index >= 15 is 0 Å².